The molecule has 1 amide bonds. The molecular formula is C20H22N2O3S. The van der Waals surface area contributed by atoms with Crippen molar-refractivity contribution in [3.05, 3.63) is 42.5 Å². The summed E-state index contributed by atoms with van der Waals surface area (Å²) in [4.78, 5) is 18.3. The topological polar surface area (TPSA) is 51.7 Å². The number of anilines is 1. The Bertz CT molecular complexity index is 926. The van der Waals surface area contributed by atoms with E-state index in [1.807, 2.05) is 63.2 Å². The molecule has 0 atom stereocenters. The van der Waals surface area contributed by atoms with Gasteiger partial charge in [-0.25, -0.2) is 9.78 Å². The van der Waals surface area contributed by atoms with Crippen molar-refractivity contribution >= 4 is 33.3 Å². The molecular weight excluding hydrogens is 348 g/mol. The van der Waals surface area contributed by atoms with E-state index in [2.05, 4.69) is 4.98 Å². The minimum absolute atomic E-state index is 0.377. The summed E-state index contributed by atoms with van der Waals surface area (Å²) in [5, 5.41) is 0.930. The molecule has 0 aliphatic rings. The van der Waals surface area contributed by atoms with E-state index in [0.717, 1.165) is 32.2 Å². The number of thiazole rings is 1. The van der Waals surface area contributed by atoms with Crippen LogP contribution >= 0.6 is 11.3 Å². The number of benzene rings is 2. The Balaban J connectivity index is 1.82. The Hall–Kier alpha value is -2.60. The number of carbonyl (C=O) groups is 1. The number of rotatable bonds is 3. The molecule has 1 aromatic heterocycles. The Morgan fingerprint density at radius 1 is 1.12 bits per heavy atom. The van der Waals surface area contributed by atoms with E-state index in [1.165, 1.54) is 4.90 Å². The molecule has 1 heterocycles. The molecule has 26 heavy (non-hydrogen) atoms. The van der Waals surface area contributed by atoms with Gasteiger partial charge in [0.05, 0.1) is 17.3 Å². The molecule has 0 N–H and O–H groups in total. The largest absolute Gasteiger partial charge is 0.497 e. The lowest BCUT2D eigenvalue weighted by Gasteiger charge is -2.24. The summed E-state index contributed by atoms with van der Waals surface area (Å²) in [6, 6.07) is 13.6. The van der Waals surface area contributed by atoms with Crippen molar-refractivity contribution < 1.29 is 14.3 Å². The lowest BCUT2D eigenvalue weighted by molar-refractivity contribution is 0.0589. The van der Waals surface area contributed by atoms with Gasteiger partial charge in [-0.05, 0) is 63.2 Å². The van der Waals surface area contributed by atoms with Crippen molar-refractivity contribution in [2.24, 2.45) is 0 Å². The monoisotopic (exact) mass is 370 g/mol. The van der Waals surface area contributed by atoms with E-state index in [9.17, 15) is 4.79 Å². The Morgan fingerprint density at radius 3 is 2.42 bits per heavy atom. The number of methoxy groups -OCH3 is 1. The smallest absolute Gasteiger partial charge is 0.414 e. The maximum absolute atomic E-state index is 12.2. The number of fused-ring (bicyclic) bond motifs is 1. The molecule has 0 radical (unpaired) electrons. The summed E-state index contributed by atoms with van der Waals surface area (Å²) >= 11 is 1.61. The molecule has 136 valence electrons. The zero-order valence-corrected chi connectivity index (χ0v) is 16.4. The summed E-state index contributed by atoms with van der Waals surface area (Å²) in [5.41, 5.74) is 2.20. The van der Waals surface area contributed by atoms with E-state index in [4.69, 9.17) is 9.47 Å². The summed E-state index contributed by atoms with van der Waals surface area (Å²) in [5.74, 6) is 0.821. The van der Waals surface area contributed by atoms with Crippen LogP contribution in [0.3, 0.4) is 0 Å². The normalized spacial score (nSPS) is 11.4. The van der Waals surface area contributed by atoms with Gasteiger partial charge in [0, 0.05) is 18.3 Å². The van der Waals surface area contributed by atoms with Gasteiger partial charge in [-0.3, -0.25) is 4.90 Å². The van der Waals surface area contributed by atoms with Crippen molar-refractivity contribution in [2.75, 3.05) is 19.1 Å². The number of amides is 1. The highest BCUT2D eigenvalue weighted by atomic mass is 32.1. The second-order valence-corrected chi connectivity index (χ2v) is 7.97. The number of nitrogens with zero attached hydrogens (tertiary/aromatic N) is 2. The molecule has 0 aliphatic heterocycles. The second kappa shape index (κ2) is 6.96. The Morgan fingerprint density at radius 2 is 1.81 bits per heavy atom. The first-order valence-corrected chi connectivity index (χ1v) is 9.10. The second-order valence-electron chi connectivity index (χ2n) is 6.94. The maximum atomic E-state index is 12.2. The van der Waals surface area contributed by atoms with Crippen molar-refractivity contribution in [3.63, 3.8) is 0 Å². The highest BCUT2D eigenvalue weighted by molar-refractivity contribution is 7.21. The summed E-state index contributed by atoms with van der Waals surface area (Å²) < 4.78 is 11.7. The number of carbonyl (C=O) groups excluding carboxylic acids is 1. The molecule has 0 saturated carbocycles. The molecule has 0 aliphatic carbocycles. The number of hydrogen-bond acceptors (Lipinski definition) is 5. The third-order valence-electron chi connectivity index (χ3n) is 3.76. The molecule has 5 nitrogen and oxygen atoms in total. The lowest BCUT2D eigenvalue weighted by Crippen LogP contribution is -2.34. The van der Waals surface area contributed by atoms with Gasteiger partial charge < -0.3 is 9.47 Å². The minimum Gasteiger partial charge on any atom is -0.497 e. The zero-order chi connectivity index (χ0) is 18.9. The van der Waals surface area contributed by atoms with Crippen LogP contribution < -0.4 is 9.64 Å². The van der Waals surface area contributed by atoms with E-state index >= 15 is 0 Å². The summed E-state index contributed by atoms with van der Waals surface area (Å²) in [6.07, 6.45) is -0.377. The molecule has 0 spiro atoms. The molecule has 3 aromatic rings. The fourth-order valence-electron chi connectivity index (χ4n) is 2.42. The fourth-order valence-corrected chi connectivity index (χ4v) is 3.42. The Kier molecular flexibility index (Phi) is 4.87. The van der Waals surface area contributed by atoms with E-state index in [0.29, 0.717) is 0 Å². The van der Waals surface area contributed by atoms with Gasteiger partial charge in [0.2, 0.25) is 0 Å². The van der Waals surface area contributed by atoms with Gasteiger partial charge in [-0.2, -0.15) is 0 Å². The van der Waals surface area contributed by atoms with Gasteiger partial charge in [-0.1, -0.05) is 0 Å². The van der Waals surface area contributed by atoms with E-state index in [-0.39, 0.29) is 6.09 Å². The molecule has 0 bridgehead atoms. The van der Waals surface area contributed by atoms with E-state index in [1.54, 1.807) is 25.5 Å². The van der Waals surface area contributed by atoms with Gasteiger partial charge in [0.1, 0.15) is 16.4 Å². The lowest BCUT2D eigenvalue weighted by atomic mass is 10.2. The molecule has 6 heteroatoms. The number of hydrogen-bond donors (Lipinski definition) is 0. The summed E-state index contributed by atoms with van der Waals surface area (Å²) in [7, 11) is 3.36. The van der Waals surface area contributed by atoms with Crippen LogP contribution in [0.2, 0.25) is 0 Å². The molecule has 3 rings (SSSR count). The zero-order valence-electron chi connectivity index (χ0n) is 15.6. The van der Waals surface area contributed by atoms with Gasteiger partial charge in [0.25, 0.3) is 0 Å². The maximum Gasteiger partial charge on any atom is 0.414 e. The number of ether oxygens (including phenoxy) is 2. The molecule has 2 aromatic carbocycles. The van der Waals surface area contributed by atoms with E-state index < -0.39 is 5.60 Å². The predicted molar refractivity (Wildman–Crippen MR) is 106 cm³/mol. The van der Waals surface area contributed by atoms with Crippen molar-refractivity contribution in [1.82, 2.24) is 4.98 Å². The van der Waals surface area contributed by atoms with Crippen LogP contribution in [0.1, 0.15) is 20.8 Å². The summed E-state index contributed by atoms with van der Waals surface area (Å²) in [6.45, 7) is 5.55. The van der Waals surface area contributed by atoms with Crippen molar-refractivity contribution in [3.8, 4) is 16.3 Å². The van der Waals surface area contributed by atoms with Crippen LogP contribution in [-0.4, -0.2) is 30.8 Å². The predicted octanol–water partition coefficient (Wildman–Crippen LogP) is 5.34. The standard InChI is InChI=1S/C20H22N2O3S/c1-20(2,3)25-19(23)22(4)14-8-6-13(7-9-14)18-21-16-11-10-15(24-5)12-17(16)26-18/h6-12H,1-5H3. The third-order valence-corrected chi connectivity index (χ3v) is 4.83. The SMILES string of the molecule is COc1ccc2nc(-c3ccc(N(C)C(=O)OC(C)(C)C)cc3)sc2c1. The minimum atomic E-state index is -0.520. The van der Waals surface area contributed by atoms with Gasteiger partial charge in [-0.15, -0.1) is 11.3 Å². The van der Waals surface area contributed by atoms with Crippen LogP contribution in [0.5, 0.6) is 5.75 Å². The van der Waals surface area contributed by atoms with Crippen molar-refractivity contribution in [2.45, 2.75) is 26.4 Å². The van der Waals surface area contributed by atoms with Crippen molar-refractivity contribution in [1.29, 1.82) is 0 Å². The molecule has 0 unspecified atom stereocenters. The average Bonchev–Trinajstić information content (AvgIpc) is 3.02. The first-order valence-electron chi connectivity index (χ1n) is 8.28. The van der Waals surface area contributed by atoms with Crippen LogP contribution in [0, 0.1) is 0 Å². The molecule has 0 saturated heterocycles. The van der Waals surface area contributed by atoms with Crippen LogP contribution in [0.15, 0.2) is 42.5 Å². The first-order chi connectivity index (χ1) is 12.3. The third kappa shape index (κ3) is 3.96. The van der Waals surface area contributed by atoms with Crippen LogP contribution in [0.4, 0.5) is 10.5 Å². The average molecular weight is 370 g/mol. The van der Waals surface area contributed by atoms with Crippen LogP contribution in [-0.2, 0) is 4.74 Å². The highest BCUT2D eigenvalue weighted by Crippen LogP contribution is 2.33. The van der Waals surface area contributed by atoms with Crippen LogP contribution in [0.25, 0.3) is 20.8 Å². The fraction of sp³-hybridized carbons (Fsp3) is 0.300. The first kappa shape index (κ1) is 18.2. The van der Waals surface area contributed by atoms with Gasteiger partial charge in [0.15, 0.2) is 0 Å². The van der Waals surface area contributed by atoms with Gasteiger partial charge >= 0.3 is 6.09 Å². The number of aromatic nitrogens is 1. The molecule has 0 fully saturated rings. The Labute approximate surface area is 157 Å². The highest BCUT2D eigenvalue weighted by Gasteiger charge is 2.20. The quantitative estimate of drug-likeness (QED) is 0.624.